The maximum atomic E-state index is 12.6. The minimum absolute atomic E-state index is 0.209. The summed E-state index contributed by atoms with van der Waals surface area (Å²) in [5.41, 5.74) is 6.57. The van der Waals surface area contributed by atoms with Crippen LogP contribution in [0.5, 0.6) is 17.2 Å². The maximum absolute atomic E-state index is 12.6. The minimum Gasteiger partial charge on any atom is -0.493 e. The van der Waals surface area contributed by atoms with E-state index >= 15 is 0 Å². The molecule has 2 aromatic carbocycles. The van der Waals surface area contributed by atoms with Crippen LogP contribution in [0.2, 0.25) is 5.02 Å². The van der Waals surface area contributed by atoms with Crippen molar-refractivity contribution in [3.8, 4) is 22.9 Å². The van der Waals surface area contributed by atoms with E-state index in [1.165, 1.54) is 39.7 Å². The molecular weight excluding hydrogens is 424 g/mol. The number of nitrogens with one attached hydrogen (secondary N) is 2. The number of methoxy groups -OCH3 is 3. The van der Waals surface area contributed by atoms with Crippen molar-refractivity contribution >= 4 is 23.4 Å². The number of carbonyl (C=O) groups excluding carboxylic acids is 2. The number of carbonyl (C=O) groups is 2. The van der Waals surface area contributed by atoms with Gasteiger partial charge in [0.25, 0.3) is 11.8 Å². The zero-order valence-corrected chi connectivity index (χ0v) is 18.1. The molecule has 1 heterocycles. The highest BCUT2D eigenvalue weighted by Crippen LogP contribution is 2.38. The number of rotatable bonds is 6. The van der Waals surface area contributed by atoms with Crippen LogP contribution in [0.25, 0.3) is 5.69 Å². The van der Waals surface area contributed by atoms with Crippen LogP contribution in [0.15, 0.2) is 42.6 Å². The lowest BCUT2D eigenvalue weighted by atomic mass is 10.1. The van der Waals surface area contributed by atoms with E-state index in [0.717, 1.165) is 0 Å². The molecule has 3 rings (SSSR count). The van der Waals surface area contributed by atoms with E-state index in [2.05, 4.69) is 16.0 Å². The Balaban J connectivity index is 1.75. The third kappa shape index (κ3) is 4.56. The van der Waals surface area contributed by atoms with Crippen molar-refractivity contribution in [1.82, 2.24) is 20.6 Å². The number of amides is 2. The van der Waals surface area contributed by atoms with Crippen molar-refractivity contribution in [1.29, 1.82) is 0 Å². The average Bonchev–Trinajstić information content (AvgIpc) is 3.17. The average molecular weight is 445 g/mol. The molecule has 0 radical (unpaired) electrons. The van der Waals surface area contributed by atoms with E-state index in [9.17, 15) is 9.59 Å². The lowest BCUT2D eigenvalue weighted by Crippen LogP contribution is -2.41. The Morgan fingerprint density at radius 1 is 0.968 bits per heavy atom. The zero-order valence-electron chi connectivity index (χ0n) is 17.4. The third-order valence-corrected chi connectivity index (χ3v) is 4.76. The molecule has 0 saturated carbocycles. The first kappa shape index (κ1) is 22.0. The summed E-state index contributed by atoms with van der Waals surface area (Å²) >= 11 is 6.03. The van der Waals surface area contributed by atoms with Gasteiger partial charge in [0.1, 0.15) is 0 Å². The maximum Gasteiger partial charge on any atom is 0.273 e. The van der Waals surface area contributed by atoms with Gasteiger partial charge in [-0.1, -0.05) is 17.7 Å². The van der Waals surface area contributed by atoms with Crippen LogP contribution in [-0.4, -0.2) is 42.9 Å². The lowest BCUT2D eigenvalue weighted by Gasteiger charge is -2.14. The summed E-state index contributed by atoms with van der Waals surface area (Å²) in [7, 11) is 4.36. The molecule has 0 spiro atoms. The van der Waals surface area contributed by atoms with Gasteiger partial charge in [0.2, 0.25) is 5.75 Å². The predicted octanol–water partition coefficient (Wildman–Crippen LogP) is 2.93. The molecule has 0 aliphatic carbocycles. The van der Waals surface area contributed by atoms with E-state index in [1.807, 2.05) is 6.07 Å². The highest BCUT2D eigenvalue weighted by Gasteiger charge is 2.19. The monoisotopic (exact) mass is 444 g/mol. The molecule has 0 aliphatic heterocycles. The SMILES string of the molecule is COc1cc(C(=O)NNC(=O)c2cnn(-c3cccc(Cl)c3)c2C)cc(OC)c1OC. The van der Waals surface area contributed by atoms with E-state index in [-0.39, 0.29) is 5.56 Å². The molecule has 0 unspecified atom stereocenters. The van der Waals surface area contributed by atoms with Gasteiger partial charge in [-0.25, -0.2) is 4.68 Å². The lowest BCUT2D eigenvalue weighted by molar-refractivity contribution is 0.0846. The number of hydrogen-bond donors (Lipinski definition) is 2. The fraction of sp³-hybridized carbons (Fsp3) is 0.190. The van der Waals surface area contributed by atoms with Crippen LogP contribution in [0.3, 0.4) is 0 Å². The van der Waals surface area contributed by atoms with Gasteiger partial charge in [-0.3, -0.25) is 20.4 Å². The molecule has 31 heavy (non-hydrogen) atoms. The van der Waals surface area contributed by atoms with E-state index in [1.54, 1.807) is 29.8 Å². The molecule has 0 saturated heterocycles. The number of nitrogens with zero attached hydrogens (tertiary/aromatic N) is 2. The molecule has 0 aliphatic rings. The van der Waals surface area contributed by atoms with E-state index < -0.39 is 11.8 Å². The fourth-order valence-corrected chi connectivity index (χ4v) is 3.15. The van der Waals surface area contributed by atoms with Gasteiger partial charge in [0.05, 0.1) is 44.5 Å². The third-order valence-electron chi connectivity index (χ3n) is 4.52. The number of halogens is 1. The first-order valence-electron chi connectivity index (χ1n) is 9.10. The second kappa shape index (κ2) is 9.40. The second-order valence-corrected chi connectivity index (χ2v) is 6.79. The molecule has 3 aromatic rings. The summed E-state index contributed by atoms with van der Waals surface area (Å²) in [6.07, 6.45) is 1.41. The highest BCUT2D eigenvalue weighted by atomic mass is 35.5. The summed E-state index contributed by atoms with van der Waals surface area (Å²) < 4.78 is 17.3. The molecule has 2 N–H and O–H groups in total. The normalized spacial score (nSPS) is 10.4. The molecule has 0 atom stereocenters. The molecule has 0 fully saturated rings. The molecule has 162 valence electrons. The minimum atomic E-state index is -0.563. The number of benzene rings is 2. The van der Waals surface area contributed by atoms with E-state index in [0.29, 0.717) is 39.2 Å². The van der Waals surface area contributed by atoms with Crippen molar-refractivity contribution in [2.75, 3.05) is 21.3 Å². The Labute approximate surface area is 183 Å². The van der Waals surface area contributed by atoms with Gasteiger partial charge in [-0.15, -0.1) is 0 Å². The number of aromatic nitrogens is 2. The van der Waals surface area contributed by atoms with Crippen LogP contribution in [0, 0.1) is 6.92 Å². The summed E-state index contributed by atoms with van der Waals surface area (Å²) in [5.74, 6) is -0.0948. The van der Waals surface area contributed by atoms with E-state index in [4.69, 9.17) is 25.8 Å². The topological polar surface area (TPSA) is 104 Å². The van der Waals surface area contributed by atoms with Gasteiger partial charge < -0.3 is 14.2 Å². The van der Waals surface area contributed by atoms with Crippen LogP contribution < -0.4 is 25.1 Å². The molecule has 9 nitrogen and oxygen atoms in total. The summed E-state index contributed by atoms with van der Waals surface area (Å²) in [4.78, 5) is 25.1. The van der Waals surface area contributed by atoms with Crippen molar-refractivity contribution in [2.45, 2.75) is 6.92 Å². The Morgan fingerprint density at radius 3 is 2.19 bits per heavy atom. The summed E-state index contributed by atoms with van der Waals surface area (Å²) in [6.45, 7) is 1.74. The van der Waals surface area contributed by atoms with Crippen molar-refractivity contribution < 1.29 is 23.8 Å². The molecule has 1 aromatic heterocycles. The Bertz CT molecular complexity index is 1100. The van der Waals surface area contributed by atoms with Crippen molar-refractivity contribution in [2.24, 2.45) is 0 Å². The van der Waals surface area contributed by atoms with Crippen LogP contribution in [0.4, 0.5) is 0 Å². The zero-order chi connectivity index (χ0) is 22.5. The van der Waals surface area contributed by atoms with Crippen LogP contribution in [-0.2, 0) is 0 Å². The quantitative estimate of drug-likeness (QED) is 0.566. The Hall–Kier alpha value is -3.72. The smallest absolute Gasteiger partial charge is 0.273 e. The summed E-state index contributed by atoms with van der Waals surface area (Å²) in [6, 6.07) is 10.0. The Morgan fingerprint density at radius 2 is 1.61 bits per heavy atom. The predicted molar refractivity (Wildman–Crippen MR) is 114 cm³/mol. The fourth-order valence-electron chi connectivity index (χ4n) is 2.97. The van der Waals surface area contributed by atoms with Gasteiger partial charge >= 0.3 is 0 Å². The number of hydrogen-bond acceptors (Lipinski definition) is 6. The first-order chi connectivity index (χ1) is 14.9. The van der Waals surface area contributed by atoms with Crippen LogP contribution >= 0.6 is 11.6 Å². The van der Waals surface area contributed by atoms with Gasteiger partial charge in [-0.2, -0.15) is 5.10 Å². The van der Waals surface area contributed by atoms with Crippen molar-refractivity contribution in [3.05, 3.63) is 64.4 Å². The molecule has 0 bridgehead atoms. The van der Waals surface area contributed by atoms with Crippen LogP contribution in [0.1, 0.15) is 26.4 Å². The number of ether oxygens (including phenoxy) is 3. The van der Waals surface area contributed by atoms with Gasteiger partial charge in [0, 0.05) is 10.6 Å². The van der Waals surface area contributed by atoms with Gasteiger partial charge in [-0.05, 0) is 37.3 Å². The molecule has 2 amide bonds. The van der Waals surface area contributed by atoms with Gasteiger partial charge in [0.15, 0.2) is 11.5 Å². The first-order valence-corrected chi connectivity index (χ1v) is 9.48. The number of hydrazine groups is 1. The Kier molecular flexibility index (Phi) is 6.66. The molecular formula is C21H21ClN4O5. The standard InChI is InChI=1S/C21H21ClN4O5/c1-12-16(11-23-26(12)15-7-5-6-14(22)10-15)21(28)25-24-20(27)13-8-17(29-2)19(31-4)18(9-13)30-3/h5-11H,1-4H3,(H,24,27)(H,25,28). The second-order valence-electron chi connectivity index (χ2n) is 6.36. The molecule has 10 heteroatoms. The summed E-state index contributed by atoms with van der Waals surface area (Å²) in [5, 5.41) is 4.79. The van der Waals surface area contributed by atoms with Crippen molar-refractivity contribution in [3.63, 3.8) is 0 Å². The largest absolute Gasteiger partial charge is 0.493 e. The highest BCUT2D eigenvalue weighted by molar-refractivity contribution is 6.30.